The first-order valence-corrected chi connectivity index (χ1v) is 13.1. The summed E-state index contributed by atoms with van der Waals surface area (Å²) in [5.74, 6) is -0.685. The molecule has 1 fully saturated rings. The quantitative estimate of drug-likeness (QED) is 0.501. The van der Waals surface area contributed by atoms with Gasteiger partial charge in [0, 0.05) is 30.9 Å². The van der Waals surface area contributed by atoms with Crippen molar-refractivity contribution in [1.82, 2.24) is 9.62 Å². The van der Waals surface area contributed by atoms with E-state index in [-0.39, 0.29) is 10.8 Å². The number of amides is 2. The van der Waals surface area contributed by atoms with Crippen LogP contribution in [-0.2, 0) is 26.2 Å². The molecule has 3 rings (SSSR count). The molecule has 1 aliphatic carbocycles. The van der Waals surface area contributed by atoms with Gasteiger partial charge in [0.2, 0.25) is 21.8 Å². The van der Waals surface area contributed by atoms with Gasteiger partial charge in [-0.25, -0.2) is 8.42 Å². The van der Waals surface area contributed by atoms with Crippen molar-refractivity contribution in [1.29, 1.82) is 0 Å². The SMILES string of the molecule is CC(=O)Nc1ccc(S(=O)(=O)N[C@@H](C)C(=O)Nc2ccccc2CN(C)C2CCCCC2)cc1. The number of anilines is 2. The zero-order valence-corrected chi connectivity index (χ0v) is 20.8. The summed E-state index contributed by atoms with van der Waals surface area (Å²) in [6.45, 7) is 3.59. The van der Waals surface area contributed by atoms with Crippen LogP contribution in [0.4, 0.5) is 11.4 Å². The van der Waals surface area contributed by atoms with Crippen LogP contribution in [0.5, 0.6) is 0 Å². The Kier molecular flexibility index (Phi) is 8.82. The number of rotatable bonds is 9. The van der Waals surface area contributed by atoms with Crippen LogP contribution in [0.3, 0.4) is 0 Å². The summed E-state index contributed by atoms with van der Waals surface area (Å²) in [5, 5.41) is 5.47. The molecule has 8 nitrogen and oxygen atoms in total. The van der Waals surface area contributed by atoms with Crippen molar-refractivity contribution in [3.8, 4) is 0 Å². The van der Waals surface area contributed by atoms with E-state index in [1.807, 2.05) is 24.3 Å². The molecule has 2 aromatic carbocycles. The van der Waals surface area contributed by atoms with Gasteiger partial charge in [0.15, 0.2) is 0 Å². The second kappa shape index (κ2) is 11.6. The lowest BCUT2D eigenvalue weighted by atomic mass is 9.94. The first-order chi connectivity index (χ1) is 16.2. The summed E-state index contributed by atoms with van der Waals surface area (Å²) in [6, 6.07) is 12.9. The van der Waals surface area contributed by atoms with E-state index in [4.69, 9.17) is 0 Å². The molecule has 0 heterocycles. The summed E-state index contributed by atoms with van der Waals surface area (Å²) < 4.78 is 27.9. The van der Waals surface area contributed by atoms with Crippen LogP contribution < -0.4 is 15.4 Å². The predicted molar refractivity (Wildman–Crippen MR) is 134 cm³/mol. The highest BCUT2D eigenvalue weighted by Gasteiger charge is 2.23. The highest BCUT2D eigenvalue weighted by molar-refractivity contribution is 7.89. The van der Waals surface area contributed by atoms with Gasteiger partial charge in [-0.15, -0.1) is 0 Å². The van der Waals surface area contributed by atoms with Gasteiger partial charge in [-0.2, -0.15) is 4.72 Å². The first kappa shape index (κ1) is 25.9. The lowest BCUT2D eigenvalue weighted by molar-refractivity contribution is -0.117. The van der Waals surface area contributed by atoms with Crippen molar-refractivity contribution in [2.75, 3.05) is 17.7 Å². The van der Waals surface area contributed by atoms with E-state index in [0.717, 1.165) is 5.56 Å². The fourth-order valence-corrected chi connectivity index (χ4v) is 5.42. The number of para-hydroxylation sites is 1. The molecule has 0 bridgehead atoms. The van der Waals surface area contributed by atoms with Crippen molar-refractivity contribution < 1.29 is 18.0 Å². The van der Waals surface area contributed by atoms with E-state index in [0.29, 0.717) is 24.0 Å². The van der Waals surface area contributed by atoms with E-state index < -0.39 is 22.0 Å². The van der Waals surface area contributed by atoms with E-state index in [2.05, 4.69) is 27.3 Å². The van der Waals surface area contributed by atoms with Gasteiger partial charge in [0.05, 0.1) is 10.9 Å². The average molecular weight is 487 g/mol. The van der Waals surface area contributed by atoms with Gasteiger partial charge in [0.1, 0.15) is 0 Å². The van der Waals surface area contributed by atoms with Crippen LogP contribution in [0.1, 0.15) is 51.5 Å². The van der Waals surface area contributed by atoms with Gasteiger partial charge in [-0.1, -0.05) is 37.5 Å². The maximum Gasteiger partial charge on any atom is 0.242 e. The first-order valence-electron chi connectivity index (χ1n) is 11.6. The summed E-state index contributed by atoms with van der Waals surface area (Å²) in [4.78, 5) is 26.3. The second-order valence-corrected chi connectivity index (χ2v) is 10.6. The van der Waals surface area contributed by atoms with Crippen LogP contribution in [0.2, 0.25) is 0 Å². The summed E-state index contributed by atoms with van der Waals surface area (Å²) in [7, 11) is -1.80. The maximum atomic E-state index is 12.8. The molecule has 1 saturated carbocycles. The van der Waals surface area contributed by atoms with Crippen molar-refractivity contribution in [3.63, 3.8) is 0 Å². The van der Waals surface area contributed by atoms with Crippen LogP contribution in [0.25, 0.3) is 0 Å². The minimum absolute atomic E-state index is 0.00996. The zero-order chi connectivity index (χ0) is 24.7. The second-order valence-electron chi connectivity index (χ2n) is 8.90. The Morgan fingerprint density at radius 3 is 2.29 bits per heavy atom. The van der Waals surface area contributed by atoms with Crippen LogP contribution >= 0.6 is 0 Å². The predicted octanol–water partition coefficient (Wildman–Crippen LogP) is 3.72. The van der Waals surface area contributed by atoms with E-state index in [1.165, 1.54) is 70.2 Å². The van der Waals surface area contributed by atoms with Gasteiger partial charge in [0.25, 0.3) is 0 Å². The standard InChI is InChI=1S/C25H34N4O4S/c1-18(28-34(32,33)23-15-13-21(14-16-23)26-19(2)30)25(31)27-24-12-8-7-9-20(24)17-29(3)22-10-5-4-6-11-22/h7-9,12-16,18,22,28H,4-6,10-11,17H2,1-3H3,(H,26,30)(H,27,31)/t18-/m0/s1. The van der Waals surface area contributed by atoms with Crippen LogP contribution in [0, 0.1) is 0 Å². The third-order valence-corrected chi connectivity index (χ3v) is 7.66. The van der Waals surface area contributed by atoms with Crippen molar-refractivity contribution >= 4 is 33.2 Å². The van der Waals surface area contributed by atoms with Crippen LogP contribution in [0.15, 0.2) is 53.4 Å². The number of nitrogens with zero attached hydrogens (tertiary/aromatic N) is 1. The van der Waals surface area contributed by atoms with Crippen molar-refractivity contribution in [2.24, 2.45) is 0 Å². The number of benzene rings is 2. The zero-order valence-electron chi connectivity index (χ0n) is 20.0. The maximum absolute atomic E-state index is 12.8. The Bertz CT molecular complexity index is 1100. The number of sulfonamides is 1. The average Bonchev–Trinajstić information content (AvgIpc) is 2.80. The molecule has 0 spiro atoms. The summed E-state index contributed by atoms with van der Waals surface area (Å²) in [6.07, 6.45) is 6.18. The molecule has 3 N–H and O–H groups in total. The largest absolute Gasteiger partial charge is 0.326 e. The minimum atomic E-state index is -3.92. The molecule has 0 unspecified atom stereocenters. The Labute approximate surface area is 202 Å². The van der Waals surface area contributed by atoms with Gasteiger partial charge in [-0.3, -0.25) is 14.5 Å². The van der Waals surface area contributed by atoms with E-state index in [1.54, 1.807) is 0 Å². The summed E-state index contributed by atoms with van der Waals surface area (Å²) >= 11 is 0. The molecular formula is C25H34N4O4S. The molecule has 2 aromatic rings. The lowest BCUT2D eigenvalue weighted by Gasteiger charge is -2.31. The number of carbonyl (C=O) groups is 2. The molecule has 0 radical (unpaired) electrons. The Balaban J connectivity index is 1.63. The lowest BCUT2D eigenvalue weighted by Crippen LogP contribution is -2.41. The van der Waals surface area contributed by atoms with Crippen molar-refractivity contribution in [2.45, 2.75) is 69.5 Å². The van der Waals surface area contributed by atoms with Crippen molar-refractivity contribution in [3.05, 3.63) is 54.1 Å². The molecule has 0 saturated heterocycles. The number of hydrogen-bond donors (Lipinski definition) is 3. The third-order valence-electron chi connectivity index (χ3n) is 6.10. The summed E-state index contributed by atoms with van der Waals surface area (Å²) in [5.41, 5.74) is 2.17. The molecular weight excluding hydrogens is 452 g/mol. The molecule has 0 aromatic heterocycles. The normalized spacial score (nSPS) is 15.6. The van der Waals surface area contributed by atoms with Crippen LogP contribution in [-0.4, -0.2) is 44.3 Å². The third kappa shape index (κ3) is 7.12. The minimum Gasteiger partial charge on any atom is -0.326 e. The van der Waals surface area contributed by atoms with E-state index >= 15 is 0 Å². The number of hydrogen-bond acceptors (Lipinski definition) is 5. The Hall–Kier alpha value is -2.75. The molecule has 34 heavy (non-hydrogen) atoms. The Morgan fingerprint density at radius 1 is 1.00 bits per heavy atom. The molecule has 2 amide bonds. The number of nitrogens with one attached hydrogen (secondary N) is 3. The fourth-order valence-electron chi connectivity index (χ4n) is 4.22. The van der Waals surface area contributed by atoms with Gasteiger partial charge >= 0.3 is 0 Å². The molecule has 1 atom stereocenters. The Morgan fingerprint density at radius 2 is 1.65 bits per heavy atom. The number of carbonyl (C=O) groups excluding carboxylic acids is 2. The van der Waals surface area contributed by atoms with Gasteiger partial charge < -0.3 is 10.6 Å². The van der Waals surface area contributed by atoms with E-state index in [9.17, 15) is 18.0 Å². The molecule has 1 aliphatic rings. The topological polar surface area (TPSA) is 108 Å². The monoisotopic (exact) mass is 486 g/mol. The smallest absolute Gasteiger partial charge is 0.242 e. The fraction of sp³-hybridized carbons (Fsp3) is 0.440. The van der Waals surface area contributed by atoms with Gasteiger partial charge in [-0.05, 0) is 62.7 Å². The highest BCUT2D eigenvalue weighted by Crippen LogP contribution is 2.25. The highest BCUT2D eigenvalue weighted by atomic mass is 32.2. The molecule has 0 aliphatic heterocycles. The molecule has 9 heteroatoms. The molecule has 184 valence electrons.